The first-order valence-corrected chi connectivity index (χ1v) is 8.30. The summed E-state index contributed by atoms with van der Waals surface area (Å²) in [6.45, 7) is -0.541. The minimum atomic E-state index is -4.62. The lowest BCUT2D eigenvalue weighted by Gasteiger charge is -2.15. The van der Waals surface area contributed by atoms with Crippen LogP contribution < -0.4 is 10.1 Å². The van der Waals surface area contributed by atoms with Crippen LogP contribution in [0.25, 0.3) is 0 Å². The predicted molar refractivity (Wildman–Crippen MR) is 95.8 cm³/mol. The van der Waals surface area contributed by atoms with Crippen LogP contribution in [0.2, 0.25) is 0 Å². The molecule has 0 atom stereocenters. The molecular weight excluding hydrogens is 395 g/mol. The molecule has 2 rings (SSSR count). The highest BCUT2D eigenvalue weighted by atomic mass is 19.4. The summed E-state index contributed by atoms with van der Waals surface area (Å²) in [7, 11) is 1.43. The maximum atomic E-state index is 13.0. The number of phenolic OH excluding ortho intramolecular Hbond substituents is 1. The Morgan fingerprint density at radius 3 is 2.48 bits per heavy atom. The van der Waals surface area contributed by atoms with E-state index >= 15 is 0 Å². The molecule has 0 spiro atoms. The fourth-order valence-corrected chi connectivity index (χ4v) is 2.21. The van der Waals surface area contributed by atoms with Crippen molar-refractivity contribution in [3.8, 4) is 11.5 Å². The van der Waals surface area contributed by atoms with Gasteiger partial charge in [0.25, 0.3) is 5.91 Å². The number of alkyl halides is 3. The molecule has 2 N–H and O–H groups in total. The highest BCUT2D eigenvalue weighted by molar-refractivity contribution is 5.97. The second kappa shape index (κ2) is 9.78. The van der Waals surface area contributed by atoms with Gasteiger partial charge in [-0.05, 0) is 30.3 Å². The zero-order valence-electron chi connectivity index (χ0n) is 15.3. The number of anilines is 1. The summed E-state index contributed by atoms with van der Waals surface area (Å²) < 4.78 is 53.8. The van der Waals surface area contributed by atoms with Crippen LogP contribution in [-0.4, -0.2) is 43.9 Å². The predicted octanol–water partition coefficient (Wildman–Crippen LogP) is 3.23. The molecule has 7 nitrogen and oxygen atoms in total. The van der Waals surface area contributed by atoms with E-state index in [4.69, 9.17) is 14.2 Å². The number of hydrogen-bond acceptors (Lipinski definition) is 6. The van der Waals surface area contributed by atoms with Gasteiger partial charge in [0.05, 0.1) is 17.9 Å². The molecule has 0 saturated carbocycles. The number of halogens is 3. The van der Waals surface area contributed by atoms with Gasteiger partial charge < -0.3 is 24.6 Å². The summed E-state index contributed by atoms with van der Waals surface area (Å²) >= 11 is 0. The smallest absolute Gasteiger partial charge is 0.416 e. The number of rotatable bonds is 8. The number of methoxy groups -OCH3 is 1. The van der Waals surface area contributed by atoms with Gasteiger partial charge >= 0.3 is 12.1 Å². The Hall–Kier alpha value is -3.27. The van der Waals surface area contributed by atoms with E-state index in [2.05, 4.69) is 5.32 Å². The third-order valence-electron chi connectivity index (χ3n) is 3.58. The highest BCUT2D eigenvalue weighted by Crippen LogP contribution is 2.35. The zero-order chi connectivity index (χ0) is 21.4. The van der Waals surface area contributed by atoms with Crippen molar-refractivity contribution in [2.24, 2.45) is 0 Å². The third kappa shape index (κ3) is 6.39. The van der Waals surface area contributed by atoms with E-state index in [0.29, 0.717) is 6.07 Å². The molecule has 0 radical (unpaired) electrons. The van der Waals surface area contributed by atoms with Crippen molar-refractivity contribution in [1.82, 2.24) is 0 Å². The molecule has 1 amide bonds. The topological polar surface area (TPSA) is 94.1 Å². The van der Waals surface area contributed by atoms with Gasteiger partial charge in [-0.15, -0.1) is 0 Å². The van der Waals surface area contributed by atoms with Gasteiger partial charge in [-0.1, -0.05) is 12.1 Å². The molecule has 156 valence electrons. The van der Waals surface area contributed by atoms with Gasteiger partial charge in [-0.25, -0.2) is 4.79 Å². The van der Waals surface area contributed by atoms with Gasteiger partial charge in [-0.3, -0.25) is 4.79 Å². The molecule has 2 aromatic carbocycles. The first kappa shape index (κ1) is 22.0. The van der Waals surface area contributed by atoms with Crippen molar-refractivity contribution < 1.29 is 42.1 Å². The number of carbonyl (C=O) groups is 2. The summed E-state index contributed by atoms with van der Waals surface area (Å²) in [6.07, 6.45) is -4.62. The standard InChI is InChI=1S/C19H18F3NO6/c1-27-8-9-28-16-7-6-12(19(20,21)22)10-14(16)23-17(25)11-29-18(26)13-4-2-3-5-15(13)24/h2-7,10,24H,8-9,11H2,1H3,(H,23,25). The normalized spacial score (nSPS) is 11.0. The number of ether oxygens (including phenoxy) is 3. The van der Waals surface area contributed by atoms with E-state index in [9.17, 15) is 27.9 Å². The molecule has 0 bridgehead atoms. The second-order valence-electron chi connectivity index (χ2n) is 5.69. The summed E-state index contributed by atoms with van der Waals surface area (Å²) in [4.78, 5) is 24.0. The molecule has 2 aromatic rings. The summed E-state index contributed by atoms with van der Waals surface area (Å²) in [5.74, 6) is -2.18. The van der Waals surface area contributed by atoms with E-state index in [0.717, 1.165) is 12.1 Å². The van der Waals surface area contributed by atoms with Crippen LogP contribution in [0, 0.1) is 0 Å². The minimum absolute atomic E-state index is 0.00423. The Morgan fingerprint density at radius 1 is 1.10 bits per heavy atom. The molecule has 10 heteroatoms. The first-order valence-electron chi connectivity index (χ1n) is 8.30. The molecule has 0 saturated heterocycles. The number of nitrogens with one attached hydrogen (secondary N) is 1. The summed E-state index contributed by atoms with van der Waals surface area (Å²) in [5.41, 5.74) is -1.37. The van der Waals surface area contributed by atoms with Crippen LogP contribution in [-0.2, 0) is 20.4 Å². The number of aromatic hydroxyl groups is 1. The van der Waals surface area contributed by atoms with E-state index in [-0.39, 0.29) is 36.0 Å². The minimum Gasteiger partial charge on any atom is -0.507 e. The van der Waals surface area contributed by atoms with Gasteiger partial charge in [0, 0.05) is 7.11 Å². The van der Waals surface area contributed by atoms with Crippen molar-refractivity contribution in [1.29, 1.82) is 0 Å². The maximum absolute atomic E-state index is 13.0. The fraction of sp³-hybridized carbons (Fsp3) is 0.263. The van der Waals surface area contributed by atoms with Gasteiger partial charge in [0.2, 0.25) is 0 Å². The van der Waals surface area contributed by atoms with E-state index in [1.807, 2.05) is 0 Å². The van der Waals surface area contributed by atoms with Crippen LogP contribution in [0.1, 0.15) is 15.9 Å². The number of carbonyl (C=O) groups excluding carboxylic acids is 2. The number of benzene rings is 2. The molecule has 0 aromatic heterocycles. The second-order valence-corrected chi connectivity index (χ2v) is 5.69. The third-order valence-corrected chi connectivity index (χ3v) is 3.58. The Labute approximate surface area is 164 Å². The molecule has 0 aliphatic carbocycles. The Balaban J connectivity index is 2.08. The number of amides is 1. The fourth-order valence-electron chi connectivity index (χ4n) is 2.21. The SMILES string of the molecule is COCCOc1ccc(C(F)(F)F)cc1NC(=O)COC(=O)c1ccccc1O. The number of esters is 1. The van der Waals surface area contributed by atoms with Crippen LogP contribution in [0.15, 0.2) is 42.5 Å². The van der Waals surface area contributed by atoms with Crippen LogP contribution in [0.5, 0.6) is 11.5 Å². The average Bonchev–Trinajstić information content (AvgIpc) is 2.67. The Bertz CT molecular complexity index is 869. The summed E-state index contributed by atoms with van der Waals surface area (Å²) in [6, 6.07) is 8.15. The van der Waals surface area contributed by atoms with Crippen LogP contribution >= 0.6 is 0 Å². The molecule has 29 heavy (non-hydrogen) atoms. The molecular formula is C19H18F3NO6. The lowest BCUT2D eigenvalue weighted by Crippen LogP contribution is -2.22. The lowest BCUT2D eigenvalue weighted by molar-refractivity contribution is -0.137. The number of para-hydroxylation sites is 1. The van der Waals surface area contributed by atoms with Crippen molar-refractivity contribution in [3.63, 3.8) is 0 Å². The monoisotopic (exact) mass is 413 g/mol. The van der Waals surface area contributed by atoms with Crippen molar-refractivity contribution in [2.45, 2.75) is 6.18 Å². The number of hydrogen-bond donors (Lipinski definition) is 2. The van der Waals surface area contributed by atoms with E-state index in [1.165, 1.54) is 31.4 Å². The maximum Gasteiger partial charge on any atom is 0.416 e. The molecule has 0 heterocycles. The number of phenols is 1. The van der Waals surface area contributed by atoms with Crippen molar-refractivity contribution in [3.05, 3.63) is 53.6 Å². The van der Waals surface area contributed by atoms with E-state index < -0.39 is 30.2 Å². The Kier molecular flexibility index (Phi) is 7.43. The first-order chi connectivity index (χ1) is 13.7. The van der Waals surface area contributed by atoms with Gasteiger partial charge in [0.1, 0.15) is 23.7 Å². The van der Waals surface area contributed by atoms with Gasteiger partial charge in [0.15, 0.2) is 6.61 Å². The summed E-state index contributed by atoms with van der Waals surface area (Å²) in [5, 5.41) is 11.8. The zero-order valence-corrected chi connectivity index (χ0v) is 15.3. The lowest BCUT2D eigenvalue weighted by atomic mass is 10.1. The van der Waals surface area contributed by atoms with E-state index in [1.54, 1.807) is 0 Å². The van der Waals surface area contributed by atoms with Crippen LogP contribution in [0.3, 0.4) is 0 Å². The largest absolute Gasteiger partial charge is 0.507 e. The van der Waals surface area contributed by atoms with Gasteiger partial charge in [-0.2, -0.15) is 13.2 Å². The van der Waals surface area contributed by atoms with Crippen molar-refractivity contribution in [2.75, 3.05) is 32.2 Å². The molecule has 0 aliphatic rings. The Morgan fingerprint density at radius 2 is 1.83 bits per heavy atom. The van der Waals surface area contributed by atoms with Crippen LogP contribution in [0.4, 0.5) is 18.9 Å². The van der Waals surface area contributed by atoms with Crippen molar-refractivity contribution >= 4 is 17.6 Å². The molecule has 0 fully saturated rings. The quantitative estimate of drug-likeness (QED) is 0.510. The average molecular weight is 413 g/mol. The highest BCUT2D eigenvalue weighted by Gasteiger charge is 2.31. The molecule has 0 unspecified atom stereocenters. The molecule has 0 aliphatic heterocycles.